The molecule has 0 aromatic rings. The zero-order chi connectivity index (χ0) is 12.1. The maximum Gasteiger partial charge on any atom is 0.323 e. The molecule has 6 nitrogen and oxygen atoms in total. The number of hydrogen-bond donors (Lipinski definition) is 2. The van der Waals surface area contributed by atoms with Gasteiger partial charge in [0.25, 0.3) is 0 Å². The number of carbonyl (C=O) groups is 1. The number of amides is 1. The lowest BCUT2D eigenvalue weighted by atomic mass is 10.2. The number of nitrogens with one attached hydrogen (secondary N) is 2. The molecule has 0 aromatic carbocycles. The predicted octanol–water partition coefficient (Wildman–Crippen LogP) is 0.181. The lowest BCUT2D eigenvalue weighted by molar-refractivity contribution is -0.122. The Morgan fingerprint density at radius 3 is 2.20 bits per heavy atom. The van der Waals surface area contributed by atoms with Crippen LogP contribution in [-0.2, 0) is 19.8 Å². The Labute approximate surface area is 90.5 Å². The average molecular weight is 238 g/mol. The molecule has 0 aliphatic carbocycles. The summed E-state index contributed by atoms with van der Waals surface area (Å²) in [5.41, 5.74) is 0. The molecule has 0 atom stereocenters. The van der Waals surface area contributed by atoms with E-state index in [4.69, 9.17) is 0 Å². The average Bonchev–Trinajstić information content (AvgIpc) is 2.01. The van der Waals surface area contributed by atoms with Gasteiger partial charge in [-0.3, -0.25) is 9.63 Å². The molecule has 2 N–H and O–H groups in total. The summed E-state index contributed by atoms with van der Waals surface area (Å²) < 4.78 is 24.1. The van der Waals surface area contributed by atoms with E-state index in [0.29, 0.717) is 0 Å². The van der Waals surface area contributed by atoms with Crippen molar-refractivity contribution in [1.82, 2.24) is 9.61 Å². The molecule has 15 heavy (non-hydrogen) atoms. The van der Waals surface area contributed by atoms with Crippen molar-refractivity contribution in [2.45, 2.75) is 27.7 Å². The van der Waals surface area contributed by atoms with Crippen molar-refractivity contribution in [3.63, 3.8) is 0 Å². The minimum absolute atomic E-state index is 0.202. The first-order valence-corrected chi connectivity index (χ1v) is 6.18. The van der Waals surface area contributed by atoms with Gasteiger partial charge < -0.3 is 0 Å². The van der Waals surface area contributed by atoms with Crippen molar-refractivity contribution in [3.05, 3.63) is 0 Å². The number of hydrogen-bond acceptors (Lipinski definition) is 4. The first-order valence-electron chi connectivity index (χ1n) is 4.69. The molecule has 0 saturated heterocycles. The molecule has 1 amide bonds. The van der Waals surface area contributed by atoms with E-state index in [-0.39, 0.29) is 12.5 Å². The molecule has 0 bridgehead atoms. The van der Waals surface area contributed by atoms with Gasteiger partial charge in [-0.1, -0.05) is 32.6 Å². The van der Waals surface area contributed by atoms with Crippen LogP contribution in [0.1, 0.15) is 27.7 Å². The first-order chi connectivity index (χ1) is 6.74. The van der Waals surface area contributed by atoms with Crippen molar-refractivity contribution in [3.8, 4) is 0 Å². The van der Waals surface area contributed by atoms with Crippen molar-refractivity contribution < 1.29 is 18.0 Å². The van der Waals surface area contributed by atoms with Crippen LogP contribution < -0.4 is 9.61 Å². The molecule has 0 unspecified atom stereocenters. The van der Waals surface area contributed by atoms with E-state index in [9.17, 15) is 13.2 Å². The van der Waals surface area contributed by atoms with Crippen LogP contribution in [0.4, 0.5) is 0 Å². The minimum Gasteiger partial charge on any atom is -0.285 e. The second-order valence-electron chi connectivity index (χ2n) is 3.91. The van der Waals surface area contributed by atoms with Crippen LogP contribution in [0, 0.1) is 11.8 Å². The van der Waals surface area contributed by atoms with Gasteiger partial charge in [0.15, 0.2) is 0 Å². The lowest BCUT2D eigenvalue weighted by Gasteiger charge is -2.10. The van der Waals surface area contributed by atoms with E-state index in [1.54, 1.807) is 13.8 Å². The highest BCUT2D eigenvalue weighted by Crippen LogP contribution is 1.94. The Morgan fingerprint density at radius 1 is 1.27 bits per heavy atom. The molecule has 0 saturated carbocycles. The van der Waals surface area contributed by atoms with Gasteiger partial charge in [-0.15, -0.1) is 0 Å². The zero-order valence-electron chi connectivity index (χ0n) is 9.40. The van der Waals surface area contributed by atoms with E-state index in [2.05, 4.69) is 4.84 Å². The van der Waals surface area contributed by atoms with Gasteiger partial charge in [0, 0.05) is 5.92 Å². The summed E-state index contributed by atoms with van der Waals surface area (Å²) in [4.78, 5) is 17.6. The molecule has 0 radical (unpaired) electrons. The van der Waals surface area contributed by atoms with Crippen LogP contribution >= 0.6 is 0 Å². The summed E-state index contributed by atoms with van der Waals surface area (Å²) in [5.74, 6) is -0.768. The summed E-state index contributed by atoms with van der Waals surface area (Å²) in [6.45, 7) is 7.19. The van der Waals surface area contributed by atoms with Gasteiger partial charge in [0.05, 0.1) is 6.61 Å². The molecule has 0 rings (SSSR count). The van der Waals surface area contributed by atoms with E-state index < -0.39 is 22.0 Å². The van der Waals surface area contributed by atoms with Crippen molar-refractivity contribution in [2.24, 2.45) is 11.8 Å². The van der Waals surface area contributed by atoms with Gasteiger partial charge in [0.2, 0.25) is 5.91 Å². The van der Waals surface area contributed by atoms with E-state index >= 15 is 0 Å². The van der Waals surface area contributed by atoms with Crippen molar-refractivity contribution >= 4 is 16.1 Å². The maximum atomic E-state index is 11.2. The molecule has 0 fully saturated rings. The Hall–Kier alpha value is -0.660. The molecular weight excluding hydrogens is 220 g/mol. The standard InChI is InChI=1S/C8H18N2O4S/c1-6(2)5-14-10-15(12,13)9-8(11)7(3)4/h6-7,10H,5H2,1-4H3,(H,9,11). The summed E-state index contributed by atoms with van der Waals surface area (Å²) in [5, 5.41) is 0. The largest absolute Gasteiger partial charge is 0.323 e. The number of carbonyl (C=O) groups excluding carboxylic acids is 1. The fourth-order valence-electron chi connectivity index (χ4n) is 0.549. The van der Waals surface area contributed by atoms with Crippen molar-refractivity contribution in [2.75, 3.05) is 6.61 Å². The SMILES string of the molecule is CC(C)CONS(=O)(=O)NC(=O)C(C)C. The van der Waals surface area contributed by atoms with Crippen LogP contribution in [0.3, 0.4) is 0 Å². The van der Waals surface area contributed by atoms with Crippen LogP contribution in [0.2, 0.25) is 0 Å². The third-order valence-corrected chi connectivity index (χ3v) is 2.15. The Bertz CT molecular complexity index is 298. The molecule has 7 heteroatoms. The van der Waals surface area contributed by atoms with Crippen molar-refractivity contribution in [1.29, 1.82) is 0 Å². The van der Waals surface area contributed by atoms with E-state index in [1.807, 2.05) is 23.5 Å². The third kappa shape index (κ3) is 7.29. The smallest absolute Gasteiger partial charge is 0.285 e. The predicted molar refractivity (Wildman–Crippen MR) is 55.8 cm³/mol. The van der Waals surface area contributed by atoms with Crippen LogP contribution in [0.15, 0.2) is 0 Å². The fraction of sp³-hybridized carbons (Fsp3) is 0.875. The van der Waals surface area contributed by atoms with Crippen LogP contribution in [0.25, 0.3) is 0 Å². The second-order valence-corrected chi connectivity index (χ2v) is 5.29. The molecular formula is C8H18N2O4S. The van der Waals surface area contributed by atoms with Gasteiger partial charge in [-0.2, -0.15) is 8.42 Å². The summed E-state index contributed by atoms with van der Waals surface area (Å²) in [6.07, 6.45) is 0. The van der Waals surface area contributed by atoms with Gasteiger partial charge >= 0.3 is 10.2 Å². The highest BCUT2D eigenvalue weighted by atomic mass is 32.2. The quantitative estimate of drug-likeness (QED) is 0.646. The number of rotatable bonds is 6. The van der Waals surface area contributed by atoms with E-state index in [0.717, 1.165) is 0 Å². The Kier molecular flexibility index (Phi) is 5.77. The second kappa shape index (κ2) is 6.04. The molecule has 0 heterocycles. The monoisotopic (exact) mass is 238 g/mol. The first kappa shape index (κ1) is 14.3. The molecule has 0 aromatic heterocycles. The van der Waals surface area contributed by atoms with Crippen LogP contribution in [-0.4, -0.2) is 20.9 Å². The fourth-order valence-corrected chi connectivity index (χ4v) is 1.31. The van der Waals surface area contributed by atoms with Gasteiger partial charge in [-0.05, 0) is 5.92 Å². The highest BCUT2D eigenvalue weighted by Gasteiger charge is 2.16. The van der Waals surface area contributed by atoms with E-state index in [1.165, 1.54) is 0 Å². The van der Waals surface area contributed by atoms with Gasteiger partial charge in [0.1, 0.15) is 0 Å². The highest BCUT2D eigenvalue weighted by molar-refractivity contribution is 7.87. The molecule has 0 aliphatic heterocycles. The molecule has 90 valence electrons. The van der Waals surface area contributed by atoms with Gasteiger partial charge in [-0.25, -0.2) is 4.72 Å². The summed E-state index contributed by atoms with van der Waals surface area (Å²) >= 11 is 0. The lowest BCUT2D eigenvalue weighted by Crippen LogP contribution is -2.42. The Balaban J connectivity index is 4.04. The van der Waals surface area contributed by atoms with Crippen LogP contribution in [0.5, 0.6) is 0 Å². The summed E-state index contributed by atoms with van der Waals surface area (Å²) in [7, 11) is -3.89. The third-order valence-electron chi connectivity index (χ3n) is 1.34. The zero-order valence-corrected chi connectivity index (χ0v) is 10.2. The molecule has 0 spiro atoms. The minimum atomic E-state index is -3.89. The maximum absolute atomic E-state index is 11.2. The summed E-state index contributed by atoms with van der Waals surface area (Å²) in [6, 6.07) is 0. The normalized spacial score (nSPS) is 12.1. The topological polar surface area (TPSA) is 84.5 Å². The molecule has 0 aliphatic rings. The Morgan fingerprint density at radius 2 is 1.80 bits per heavy atom.